The van der Waals surface area contributed by atoms with Gasteiger partial charge in [-0.1, -0.05) is 28.4 Å². The summed E-state index contributed by atoms with van der Waals surface area (Å²) in [6.45, 7) is 3.76. The van der Waals surface area contributed by atoms with Crippen LogP contribution < -0.4 is 5.32 Å². The van der Waals surface area contributed by atoms with Crippen LogP contribution in [0.3, 0.4) is 0 Å². The molecule has 9 heteroatoms. The Bertz CT molecular complexity index is 920. The third-order valence-electron chi connectivity index (χ3n) is 3.62. The van der Waals surface area contributed by atoms with Crippen molar-refractivity contribution in [3.63, 3.8) is 0 Å². The number of aromatic nitrogens is 2. The molecule has 2 heterocycles. The summed E-state index contributed by atoms with van der Waals surface area (Å²) in [6.07, 6.45) is 0. The first kappa shape index (κ1) is 19.2. The molecule has 1 aromatic carbocycles. The van der Waals surface area contributed by atoms with Crippen molar-refractivity contribution in [2.45, 2.75) is 19.6 Å². The van der Waals surface area contributed by atoms with Crippen molar-refractivity contribution in [2.24, 2.45) is 0 Å². The summed E-state index contributed by atoms with van der Waals surface area (Å²) in [5, 5.41) is 10.2. The number of thioether (sulfide) groups is 1. The van der Waals surface area contributed by atoms with Crippen LogP contribution in [-0.4, -0.2) is 21.8 Å². The van der Waals surface area contributed by atoms with Crippen LogP contribution >= 0.6 is 46.3 Å². The van der Waals surface area contributed by atoms with Gasteiger partial charge in [0.15, 0.2) is 5.13 Å². The highest BCUT2D eigenvalue weighted by atomic mass is 35.5. The molecule has 26 heavy (non-hydrogen) atoms. The highest BCUT2D eigenvalue weighted by Gasteiger charge is 2.13. The van der Waals surface area contributed by atoms with Gasteiger partial charge in [0.1, 0.15) is 5.76 Å². The van der Waals surface area contributed by atoms with Crippen LogP contribution in [0.5, 0.6) is 0 Å². The minimum atomic E-state index is -0.111. The van der Waals surface area contributed by atoms with E-state index in [0.29, 0.717) is 32.4 Å². The van der Waals surface area contributed by atoms with Crippen LogP contribution in [0.15, 0.2) is 28.1 Å². The van der Waals surface area contributed by atoms with E-state index in [1.165, 1.54) is 23.1 Å². The van der Waals surface area contributed by atoms with Crippen LogP contribution in [0.4, 0.5) is 5.13 Å². The second-order valence-electron chi connectivity index (χ2n) is 5.51. The van der Waals surface area contributed by atoms with E-state index in [9.17, 15) is 4.79 Å². The molecule has 0 fully saturated rings. The minimum Gasteiger partial charge on any atom is -0.361 e. The van der Waals surface area contributed by atoms with E-state index in [2.05, 4.69) is 15.5 Å². The maximum Gasteiger partial charge on any atom is 0.236 e. The van der Waals surface area contributed by atoms with Crippen molar-refractivity contribution in [1.29, 1.82) is 0 Å². The predicted molar refractivity (Wildman–Crippen MR) is 108 cm³/mol. The summed E-state index contributed by atoms with van der Waals surface area (Å²) < 4.78 is 5.12. The molecule has 0 saturated carbocycles. The summed E-state index contributed by atoms with van der Waals surface area (Å²) >= 11 is 15.0. The number of carbonyl (C=O) groups excluding carboxylic acids is 1. The Morgan fingerprint density at radius 2 is 2.15 bits per heavy atom. The van der Waals surface area contributed by atoms with Gasteiger partial charge in [0.25, 0.3) is 0 Å². The number of hydrogen-bond acceptors (Lipinski definition) is 6. The Balaban J connectivity index is 1.57. The van der Waals surface area contributed by atoms with Crippen molar-refractivity contribution in [3.05, 3.63) is 50.6 Å². The molecule has 0 bridgehead atoms. The lowest BCUT2D eigenvalue weighted by Gasteiger charge is -2.03. The molecule has 1 N–H and O–H groups in total. The lowest BCUT2D eigenvalue weighted by atomic mass is 10.2. The van der Waals surface area contributed by atoms with Gasteiger partial charge in [0, 0.05) is 27.3 Å². The number of hydrogen-bond donors (Lipinski definition) is 1. The minimum absolute atomic E-state index is 0.111. The number of nitrogens with zero attached hydrogens (tertiary/aromatic N) is 2. The number of amides is 1. The average Bonchev–Trinajstić information content (AvgIpc) is 3.18. The zero-order valence-electron chi connectivity index (χ0n) is 14.0. The van der Waals surface area contributed by atoms with E-state index in [1.54, 1.807) is 18.2 Å². The van der Waals surface area contributed by atoms with Gasteiger partial charge in [-0.15, -0.1) is 23.1 Å². The Morgan fingerprint density at radius 1 is 1.35 bits per heavy atom. The second-order valence-corrected chi connectivity index (χ2v) is 8.19. The quantitative estimate of drug-likeness (QED) is 0.554. The van der Waals surface area contributed by atoms with E-state index in [0.717, 1.165) is 22.6 Å². The molecule has 0 saturated heterocycles. The summed E-state index contributed by atoms with van der Waals surface area (Å²) in [5.41, 5.74) is 3.32. The smallest absolute Gasteiger partial charge is 0.236 e. The molecule has 0 aliphatic rings. The molecule has 1 amide bonds. The van der Waals surface area contributed by atoms with Gasteiger partial charge in [0.05, 0.1) is 22.2 Å². The Labute approximate surface area is 169 Å². The maximum atomic E-state index is 12.1. The molecular formula is C17H15Cl2N3O2S2. The number of nitrogens with one attached hydrogen (secondary N) is 1. The van der Waals surface area contributed by atoms with Gasteiger partial charge in [-0.25, -0.2) is 4.98 Å². The van der Waals surface area contributed by atoms with Crippen molar-refractivity contribution in [1.82, 2.24) is 10.1 Å². The molecule has 3 aromatic rings. The van der Waals surface area contributed by atoms with Crippen LogP contribution in [0.25, 0.3) is 11.3 Å². The van der Waals surface area contributed by atoms with Gasteiger partial charge < -0.3 is 9.84 Å². The molecule has 5 nitrogen and oxygen atoms in total. The normalized spacial score (nSPS) is 10.9. The Kier molecular flexibility index (Phi) is 6.24. The van der Waals surface area contributed by atoms with Gasteiger partial charge in [0.2, 0.25) is 5.91 Å². The second kappa shape index (κ2) is 8.43. The monoisotopic (exact) mass is 427 g/mol. The summed E-state index contributed by atoms with van der Waals surface area (Å²) in [4.78, 5) is 16.5. The van der Waals surface area contributed by atoms with Crippen molar-refractivity contribution in [2.75, 3.05) is 11.1 Å². The van der Waals surface area contributed by atoms with Crippen LogP contribution in [-0.2, 0) is 10.5 Å². The van der Waals surface area contributed by atoms with E-state index in [1.807, 2.05) is 19.2 Å². The fraction of sp³-hybridized carbons (Fsp3) is 0.235. The predicted octanol–water partition coefficient (Wildman–Crippen LogP) is 5.59. The molecule has 3 rings (SSSR count). The fourth-order valence-corrected chi connectivity index (χ4v) is 4.35. The third-order valence-corrected chi connectivity index (χ3v) is 5.90. The first-order valence-electron chi connectivity index (χ1n) is 7.64. The topological polar surface area (TPSA) is 68.0 Å². The molecule has 0 aliphatic heterocycles. The Hall–Kier alpha value is -1.54. The van der Waals surface area contributed by atoms with Crippen LogP contribution in [0, 0.1) is 13.8 Å². The molecular weight excluding hydrogens is 413 g/mol. The number of aryl methyl sites for hydroxylation is 2. The van der Waals surface area contributed by atoms with E-state index in [-0.39, 0.29) is 5.91 Å². The van der Waals surface area contributed by atoms with Gasteiger partial charge in [-0.05, 0) is 32.0 Å². The standard InChI is InChI=1S/C17H15Cl2N3O2S2/c1-9-13(10(2)24-22-9)6-25-8-16(23)21-17-20-15(7-26-17)12-5-11(18)3-4-14(12)19/h3-5,7H,6,8H2,1-2H3,(H,20,21,23). The zero-order valence-corrected chi connectivity index (χ0v) is 17.2. The van der Waals surface area contributed by atoms with Crippen molar-refractivity contribution < 1.29 is 9.32 Å². The fourth-order valence-electron chi connectivity index (χ4n) is 2.26. The number of carbonyl (C=O) groups is 1. The number of halogens is 2. The Morgan fingerprint density at radius 3 is 2.88 bits per heavy atom. The van der Waals surface area contributed by atoms with E-state index in [4.69, 9.17) is 27.7 Å². The number of anilines is 1. The van der Waals surface area contributed by atoms with Crippen molar-refractivity contribution >= 4 is 57.3 Å². The molecule has 136 valence electrons. The lowest BCUT2D eigenvalue weighted by Crippen LogP contribution is -2.14. The molecule has 0 radical (unpaired) electrons. The number of thiazole rings is 1. The molecule has 0 spiro atoms. The first-order valence-corrected chi connectivity index (χ1v) is 10.4. The van der Waals surface area contributed by atoms with Gasteiger partial charge >= 0.3 is 0 Å². The third kappa shape index (κ3) is 4.59. The van der Waals surface area contributed by atoms with Crippen molar-refractivity contribution in [3.8, 4) is 11.3 Å². The van der Waals surface area contributed by atoms with Gasteiger partial charge in [-0.2, -0.15) is 0 Å². The SMILES string of the molecule is Cc1noc(C)c1CSCC(=O)Nc1nc(-c2cc(Cl)ccc2Cl)cs1. The van der Waals surface area contributed by atoms with E-state index >= 15 is 0 Å². The summed E-state index contributed by atoms with van der Waals surface area (Å²) in [6, 6.07) is 5.20. The summed E-state index contributed by atoms with van der Waals surface area (Å²) in [7, 11) is 0. The first-order chi connectivity index (χ1) is 12.4. The van der Waals surface area contributed by atoms with E-state index < -0.39 is 0 Å². The van der Waals surface area contributed by atoms with Gasteiger partial charge in [-0.3, -0.25) is 4.79 Å². The molecule has 0 aliphatic carbocycles. The molecule has 0 atom stereocenters. The highest BCUT2D eigenvalue weighted by Crippen LogP contribution is 2.32. The number of rotatable bonds is 6. The molecule has 2 aromatic heterocycles. The highest BCUT2D eigenvalue weighted by molar-refractivity contribution is 7.99. The summed E-state index contributed by atoms with van der Waals surface area (Å²) in [5.74, 6) is 1.67. The zero-order chi connectivity index (χ0) is 18.7. The largest absolute Gasteiger partial charge is 0.361 e. The average molecular weight is 428 g/mol. The molecule has 0 unspecified atom stereocenters. The van der Waals surface area contributed by atoms with Crippen LogP contribution in [0.2, 0.25) is 10.0 Å². The van der Waals surface area contributed by atoms with Crippen LogP contribution in [0.1, 0.15) is 17.0 Å². The maximum absolute atomic E-state index is 12.1. The number of benzene rings is 1. The lowest BCUT2D eigenvalue weighted by molar-refractivity contribution is -0.113.